The van der Waals surface area contributed by atoms with Crippen molar-refractivity contribution >= 4 is 22.0 Å². The molecule has 2 aromatic carbocycles. The van der Waals surface area contributed by atoms with Crippen LogP contribution < -0.4 is 10.1 Å². The molecule has 4 rings (SSSR count). The molecule has 3 aromatic rings. The van der Waals surface area contributed by atoms with Crippen molar-refractivity contribution in [3.05, 3.63) is 63.4 Å². The third kappa shape index (κ3) is 5.24. The largest absolute Gasteiger partial charge is 0.457 e. The number of amides is 1. The number of rotatable bonds is 4. The number of benzene rings is 2. The predicted octanol–water partition coefficient (Wildman–Crippen LogP) is 7.07. The normalized spacial score (nSPS) is 13.7. The Bertz CT molecular complexity index is 1190. The number of aryl methyl sites for hydroxylation is 1. The molecule has 33 heavy (non-hydrogen) atoms. The average molecular weight is 512 g/mol. The van der Waals surface area contributed by atoms with Gasteiger partial charge in [0, 0.05) is 22.0 Å². The van der Waals surface area contributed by atoms with Gasteiger partial charge < -0.3 is 19.8 Å². The van der Waals surface area contributed by atoms with Crippen molar-refractivity contribution in [1.29, 1.82) is 0 Å². The monoisotopic (exact) mass is 511 g/mol. The van der Waals surface area contributed by atoms with Crippen LogP contribution in [0.15, 0.2) is 41.0 Å². The van der Waals surface area contributed by atoms with Gasteiger partial charge in [0.15, 0.2) is 0 Å². The maximum atomic E-state index is 12.3. The Morgan fingerprint density at radius 2 is 1.91 bits per heavy atom. The van der Waals surface area contributed by atoms with Gasteiger partial charge in [-0.3, -0.25) is 0 Å². The molecule has 1 aliphatic rings. The van der Waals surface area contributed by atoms with Gasteiger partial charge in [0.25, 0.3) is 0 Å². The molecule has 0 spiro atoms. The van der Waals surface area contributed by atoms with Gasteiger partial charge in [-0.1, -0.05) is 35.8 Å². The summed E-state index contributed by atoms with van der Waals surface area (Å²) < 4.78 is 12.6. The number of carbonyl (C=O) groups excluding carboxylic acids is 1. The summed E-state index contributed by atoms with van der Waals surface area (Å²) >= 11 is 3.58. The third-order valence-electron chi connectivity index (χ3n) is 5.55. The molecule has 0 saturated heterocycles. The first-order chi connectivity index (χ1) is 15.5. The lowest BCUT2D eigenvalue weighted by Gasteiger charge is -2.25. The van der Waals surface area contributed by atoms with Gasteiger partial charge in [-0.25, -0.2) is 9.78 Å². The Balaban J connectivity index is 1.56. The van der Waals surface area contributed by atoms with E-state index in [4.69, 9.17) is 9.47 Å². The van der Waals surface area contributed by atoms with Gasteiger partial charge in [0.1, 0.15) is 22.9 Å². The van der Waals surface area contributed by atoms with E-state index in [-0.39, 0.29) is 12.0 Å². The number of ether oxygens (including phenoxy) is 2. The highest BCUT2D eigenvalue weighted by atomic mass is 79.9. The van der Waals surface area contributed by atoms with Crippen molar-refractivity contribution in [3.8, 4) is 22.9 Å². The second-order valence-electron chi connectivity index (χ2n) is 9.87. The summed E-state index contributed by atoms with van der Waals surface area (Å²) in [6.07, 6.45) is 2.14. The fourth-order valence-electron chi connectivity index (χ4n) is 3.92. The van der Waals surface area contributed by atoms with Gasteiger partial charge in [0.05, 0.1) is 17.9 Å². The van der Waals surface area contributed by atoms with Gasteiger partial charge in [-0.05, 0) is 69.0 Å². The minimum atomic E-state index is -0.552. The van der Waals surface area contributed by atoms with E-state index in [0.717, 1.165) is 45.0 Å². The maximum absolute atomic E-state index is 12.3. The van der Waals surface area contributed by atoms with Gasteiger partial charge >= 0.3 is 6.09 Å². The Morgan fingerprint density at radius 1 is 1.18 bits per heavy atom. The van der Waals surface area contributed by atoms with Crippen molar-refractivity contribution in [2.75, 3.05) is 0 Å². The molecular formula is C26H30BrN3O3. The van der Waals surface area contributed by atoms with Gasteiger partial charge in [0.2, 0.25) is 0 Å². The Hall–Kier alpha value is -2.80. The molecule has 0 aliphatic carbocycles. The molecular weight excluding hydrogens is 482 g/mol. The Labute approximate surface area is 203 Å². The number of halogens is 1. The van der Waals surface area contributed by atoms with Crippen molar-refractivity contribution in [1.82, 2.24) is 15.3 Å². The molecule has 0 bridgehead atoms. The minimum absolute atomic E-state index is 0.154. The lowest BCUT2D eigenvalue weighted by Crippen LogP contribution is -2.37. The zero-order valence-electron chi connectivity index (χ0n) is 19.9. The summed E-state index contributed by atoms with van der Waals surface area (Å²) in [7, 11) is 0. The molecule has 2 N–H and O–H groups in total. The number of aromatic nitrogens is 2. The molecule has 174 valence electrons. The van der Waals surface area contributed by atoms with E-state index in [1.165, 1.54) is 11.1 Å². The molecule has 0 unspecified atom stereocenters. The number of hydrogen-bond acceptors (Lipinski definition) is 4. The molecule has 1 aromatic heterocycles. The average Bonchev–Trinajstić information content (AvgIpc) is 3.19. The van der Waals surface area contributed by atoms with Crippen LogP contribution in [0.5, 0.6) is 11.5 Å². The molecule has 0 saturated carbocycles. The fourth-order valence-corrected chi connectivity index (χ4v) is 4.24. The highest BCUT2D eigenvalue weighted by Crippen LogP contribution is 2.40. The van der Waals surface area contributed by atoms with Crippen LogP contribution >= 0.6 is 15.9 Å². The molecule has 1 aliphatic heterocycles. The molecule has 0 radical (unpaired) electrons. The van der Waals surface area contributed by atoms with Crippen LogP contribution in [0.2, 0.25) is 0 Å². The Morgan fingerprint density at radius 3 is 2.61 bits per heavy atom. The van der Waals surface area contributed by atoms with Crippen LogP contribution in [-0.2, 0) is 11.2 Å². The van der Waals surface area contributed by atoms with Gasteiger partial charge in [-0.15, -0.1) is 0 Å². The molecule has 1 atom stereocenters. The molecule has 2 heterocycles. The van der Waals surface area contributed by atoms with Crippen LogP contribution in [-0.4, -0.2) is 21.7 Å². The molecule has 0 fully saturated rings. The standard InChI is InChI=1S/C26H30BrN3O3/c1-14(2)23(30-25(31)33-26(4,5)6)20-13-28-24(29-20)16-7-8-21-18(10-16)11-17-9-15(3)19(27)12-22(17)32-21/h7-10,12-14,23H,11H2,1-6H3,(H,28,29)(H,30,31)/t23-/m0/s1. The summed E-state index contributed by atoms with van der Waals surface area (Å²) in [6, 6.07) is 10.1. The summed E-state index contributed by atoms with van der Waals surface area (Å²) in [4.78, 5) is 20.3. The zero-order valence-corrected chi connectivity index (χ0v) is 21.5. The predicted molar refractivity (Wildman–Crippen MR) is 133 cm³/mol. The summed E-state index contributed by atoms with van der Waals surface area (Å²) in [6.45, 7) is 11.7. The smallest absolute Gasteiger partial charge is 0.408 e. The summed E-state index contributed by atoms with van der Waals surface area (Å²) in [5.41, 5.74) is 4.73. The quantitative estimate of drug-likeness (QED) is 0.307. The van der Waals surface area contributed by atoms with E-state index in [1.54, 1.807) is 6.20 Å². The highest BCUT2D eigenvalue weighted by Gasteiger charge is 2.25. The lowest BCUT2D eigenvalue weighted by atomic mass is 9.97. The van der Waals surface area contributed by atoms with Crippen molar-refractivity contribution in [2.45, 2.75) is 59.6 Å². The fraction of sp³-hybridized carbons (Fsp3) is 0.385. The molecule has 6 nitrogen and oxygen atoms in total. The van der Waals surface area contributed by atoms with Crippen LogP contribution in [0.25, 0.3) is 11.4 Å². The number of alkyl carbamates (subject to hydrolysis) is 1. The van der Waals surface area contributed by atoms with Crippen molar-refractivity contribution in [3.63, 3.8) is 0 Å². The minimum Gasteiger partial charge on any atom is -0.457 e. The Kier molecular flexibility index (Phi) is 6.27. The highest BCUT2D eigenvalue weighted by molar-refractivity contribution is 9.10. The summed E-state index contributed by atoms with van der Waals surface area (Å²) in [5, 5.41) is 2.97. The second-order valence-corrected chi connectivity index (χ2v) is 10.7. The SMILES string of the molecule is Cc1cc2c(cc1Br)Oc1ccc(-c3ncc([C@@H](NC(=O)OC(C)(C)C)C(C)C)[nH]3)cc1C2. The number of H-pyrrole nitrogens is 1. The van der Waals surface area contributed by atoms with E-state index in [1.807, 2.05) is 39.0 Å². The van der Waals surface area contributed by atoms with E-state index < -0.39 is 11.7 Å². The van der Waals surface area contributed by atoms with E-state index in [2.05, 4.69) is 64.1 Å². The first-order valence-electron chi connectivity index (χ1n) is 11.1. The molecule has 1 amide bonds. The van der Waals surface area contributed by atoms with Crippen LogP contribution in [0.4, 0.5) is 4.79 Å². The number of imidazole rings is 1. The second kappa shape index (κ2) is 8.86. The number of fused-ring (bicyclic) bond motifs is 2. The maximum Gasteiger partial charge on any atom is 0.408 e. The lowest BCUT2D eigenvalue weighted by molar-refractivity contribution is 0.0488. The van der Waals surface area contributed by atoms with Crippen molar-refractivity contribution < 1.29 is 14.3 Å². The number of hydrogen-bond donors (Lipinski definition) is 2. The zero-order chi connectivity index (χ0) is 23.9. The van der Waals surface area contributed by atoms with Crippen LogP contribution in [0, 0.1) is 12.8 Å². The summed E-state index contributed by atoms with van der Waals surface area (Å²) in [5.74, 6) is 2.66. The molecule has 7 heteroatoms. The number of carbonyl (C=O) groups is 1. The number of aromatic amines is 1. The van der Waals surface area contributed by atoms with Crippen molar-refractivity contribution in [2.24, 2.45) is 5.92 Å². The van der Waals surface area contributed by atoms with Gasteiger partial charge in [-0.2, -0.15) is 0 Å². The van der Waals surface area contributed by atoms with E-state index in [0.29, 0.717) is 0 Å². The third-order valence-corrected chi connectivity index (χ3v) is 6.40. The topological polar surface area (TPSA) is 76.2 Å². The van der Waals surface area contributed by atoms with Crippen LogP contribution in [0.3, 0.4) is 0 Å². The number of nitrogens with one attached hydrogen (secondary N) is 2. The number of nitrogens with zero attached hydrogens (tertiary/aromatic N) is 1. The first-order valence-corrected chi connectivity index (χ1v) is 11.9. The van der Waals surface area contributed by atoms with E-state index >= 15 is 0 Å². The van der Waals surface area contributed by atoms with Crippen LogP contribution in [0.1, 0.15) is 63.0 Å². The first kappa shape index (κ1) is 23.4. The van der Waals surface area contributed by atoms with E-state index in [9.17, 15) is 4.79 Å².